The molecule has 5 unspecified atom stereocenters. The summed E-state index contributed by atoms with van der Waals surface area (Å²) >= 11 is 0. The molecule has 6 aliphatic carbocycles. The van der Waals surface area contributed by atoms with Crippen molar-refractivity contribution in [2.45, 2.75) is 57.2 Å². The number of rotatable bonds is 2. The fourth-order valence-corrected chi connectivity index (χ4v) is 7.62. The first-order valence-electron chi connectivity index (χ1n) is 9.81. The first-order valence-corrected chi connectivity index (χ1v) is 9.81. The lowest BCUT2D eigenvalue weighted by molar-refractivity contribution is -0.209. The van der Waals surface area contributed by atoms with E-state index in [4.69, 9.17) is 9.47 Å². The molecule has 0 aromatic heterocycles. The van der Waals surface area contributed by atoms with E-state index in [2.05, 4.69) is 13.3 Å². The van der Waals surface area contributed by atoms with E-state index in [0.29, 0.717) is 11.8 Å². The molecule has 0 spiro atoms. The molecule has 129 valence electrons. The zero-order valence-electron chi connectivity index (χ0n) is 14.1. The molecule has 0 aromatic rings. The molecular formula is C20H25O4. The molecule has 7 rings (SSSR count). The monoisotopic (exact) mass is 329 g/mol. The summed E-state index contributed by atoms with van der Waals surface area (Å²) < 4.78 is 11.7. The smallest absolute Gasteiger partial charge is 0.310 e. The third kappa shape index (κ3) is 1.61. The van der Waals surface area contributed by atoms with Gasteiger partial charge in [-0.1, -0.05) is 0 Å². The summed E-state index contributed by atoms with van der Waals surface area (Å²) in [4.78, 5) is 25.3. The van der Waals surface area contributed by atoms with E-state index >= 15 is 0 Å². The van der Waals surface area contributed by atoms with Crippen molar-refractivity contribution < 1.29 is 19.1 Å². The van der Waals surface area contributed by atoms with Crippen molar-refractivity contribution in [2.75, 3.05) is 0 Å². The van der Waals surface area contributed by atoms with Crippen molar-refractivity contribution >= 4 is 11.9 Å². The second-order valence-electron chi connectivity index (χ2n) is 9.62. The third-order valence-electron chi connectivity index (χ3n) is 8.59. The van der Waals surface area contributed by atoms with Gasteiger partial charge in [-0.05, 0) is 75.0 Å². The Bertz CT molecular complexity index is 595. The van der Waals surface area contributed by atoms with E-state index in [1.165, 1.54) is 32.1 Å². The van der Waals surface area contributed by atoms with Gasteiger partial charge < -0.3 is 9.47 Å². The molecule has 0 aromatic carbocycles. The minimum absolute atomic E-state index is 0.0340. The molecule has 1 saturated heterocycles. The highest BCUT2D eigenvalue weighted by molar-refractivity contribution is 5.86. The molecule has 5 atom stereocenters. The van der Waals surface area contributed by atoms with E-state index < -0.39 is 0 Å². The van der Waals surface area contributed by atoms with Crippen LogP contribution in [0, 0.1) is 53.8 Å². The standard InChI is InChI=1S/C20H25O4/c1-20(12-3-9-2-10(5-12)6-13(20)4-9)24-19(22)16-11-7-14-15(8-11)23-18(21)17(14)16/h8-17H,2-7H2,1H3. The van der Waals surface area contributed by atoms with Crippen LogP contribution in [0.15, 0.2) is 0 Å². The molecule has 4 heteroatoms. The second-order valence-corrected chi connectivity index (χ2v) is 9.62. The third-order valence-corrected chi connectivity index (χ3v) is 8.59. The molecule has 1 radical (unpaired) electrons. The Morgan fingerprint density at radius 3 is 2.46 bits per heavy atom. The molecule has 1 aliphatic heterocycles. The minimum Gasteiger partial charge on any atom is -0.461 e. The van der Waals surface area contributed by atoms with Crippen LogP contribution in [0.3, 0.4) is 0 Å². The minimum atomic E-state index is -0.297. The number of hydrogen-bond donors (Lipinski definition) is 0. The average molecular weight is 329 g/mol. The Morgan fingerprint density at radius 2 is 1.79 bits per heavy atom. The van der Waals surface area contributed by atoms with Gasteiger partial charge in [0.1, 0.15) is 11.7 Å². The highest BCUT2D eigenvalue weighted by atomic mass is 16.6. The van der Waals surface area contributed by atoms with Gasteiger partial charge in [-0.25, -0.2) is 0 Å². The molecular weight excluding hydrogens is 304 g/mol. The van der Waals surface area contributed by atoms with Gasteiger partial charge in [-0.3, -0.25) is 9.59 Å². The molecule has 0 amide bonds. The molecule has 1 heterocycles. The van der Waals surface area contributed by atoms with Crippen LogP contribution in [-0.2, 0) is 19.1 Å². The normalized spacial score (nSPS) is 59.0. The highest BCUT2D eigenvalue weighted by Crippen LogP contribution is 2.61. The molecule has 6 saturated carbocycles. The maximum absolute atomic E-state index is 13.1. The van der Waals surface area contributed by atoms with Crippen LogP contribution in [0.2, 0.25) is 0 Å². The summed E-state index contributed by atoms with van der Waals surface area (Å²) in [6.07, 6.45) is 9.30. The second kappa shape index (κ2) is 4.37. The molecule has 4 nitrogen and oxygen atoms in total. The summed E-state index contributed by atoms with van der Waals surface area (Å²) in [6, 6.07) is 0. The number of ether oxygens (including phenoxy) is 2. The Balaban J connectivity index is 1.26. The zero-order valence-corrected chi connectivity index (χ0v) is 14.1. The van der Waals surface area contributed by atoms with Crippen LogP contribution >= 0.6 is 0 Å². The van der Waals surface area contributed by atoms with Crippen LogP contribution in [0.5, 0.6) is 0 Å². The van der Waals surface area contributed by atoms with Crippen LogP contribution < -0.4 is 0 Å². The van der Waals surface area contributed by atoms with E-state index in [-0.39, 0.29) is 47.3 Å². The maximum Gasteiger partial charge on any atom is 0.310 e. The van der Waals surface area contributed by atoms with Crippen molar-refractivity contribution in [3.05, 3.63) is 6.42 Å². The van der Waals surface area contributed by atoms with Crippen molar-refractivity contribution in [1.82, 2.24) is 0 Å². The lowest BCUT2D eigenvalue weighted by atomic mass is 9.50. The van der Waals surface area contributed by atoms with Crippen molar-refractivity contribution in [3.63, 3.8) is 0 Å². The Hall–Kier alpha value is -1.06. The first-order chi connectivity index (χ1) is 11.5. The van der Waals surface area contributed by atoms with Crippen LogP contribution in [0.1, 0.15) is 45.4 Å². The quantitative estimate of drug-likeness (QED) is 0.731. The van der Waals surface area contributed by atoms with E-state index in [1.54, 1.807) is 0 Å². The van der Waals surface area contributed by atoms with Gasteiger partial charge in [-0.15, -0.1) is 0 Å². The highest BCUT2D eigenvalue weighted by Gasteiger charge is 2.66. The van der Waals surface area contributed by atoms with Gasteiger partial charge in [0.25, 0.3) is 0 Å². The topological polar surface area (TPSA) is 52.6 Å². The lowest BCUT2D eigenvalue weighted by Crippen LogP contribution is -2.58. The summed E-state index contributed by atoms with van der Waals surface area (Å²) in [6.45, 7) is 2.19. The van der Waals surface area contributed by atoms with Gasteiger partial charge in [0.2, 0.25) is 0 Å². The summed E-state index contributed by atoms with van der Waals surface area (Å²) in [5.41, 5.74) is -0.297. The van der Waals surface area contributed by atoms with Gasteiger partial charge >= 0.3 is 11.9 Å². The van der Waals surface area contributed by atoms with Crippen LogP contribution in [0.25, 0.3) is 0 Å². The van der Waals surface area contributed by atoms with Gasteiger partial charge in [0.15, 0.2) is 0 Å². The van der Waals surface area contributed by atoms with E-state index in [9.17, 15) is 9.59 Å². The largest absolute Gasteiger partial charge is 0.461 e. The van der Waals surface area contributed by atoms with Crippen molar-refractivity contribution in [3.8, 4) is 0 Å². The Kier molecular flexibility index (Phi) is 2.57. The lowest BCUT2D eigenvalue weighted by Gasteiger charge is -2.59. The first kappa shape index (κ1) is 14.1. The average Bonchev–Trinajstić information content (AvgIpc) is 3.13. The molecule has 7 fully saturated rings. The fourth-order valence-electron chi connectivity index (χ4n) is 7.62. The Morgan fingerprint density at radius 1 is 1.12 bits per heavy atom. The van der Waals surface area contributed by atoms with Gasteiger partial charge in [0.05, 0.1) is 11.8 Å². The van der Waals surface area contributed by atoms with Crippen LogP contribution in [-0.4, -0.2) is 23.6 Å². The number of carbonyl (C=O) groups is 2. The molecule has 6 bridgehead atoms. The predicted octanol–water partition coefficient (Wildman–Crippen LogP) is 2.76. The van der Waals surface area contributed by atoms with E-state index in [0.717, 1.165) is 18.3 Å². The number of fused-ring (bicyclic) bond motifs is 1. The van der Waals surface area contributed by atoms with E-state index in [1.807, 2.05) is 0 Å². The number of hydrogen-bond acceptors (Lipinski definition) is 4. The summed E-state index contributed by atoms with van der Waals surface area (Å²) in [7, 11) is 0. The predicted molar refractivity (Wildman–Crippen MR) is 84.3 cm³/mol. The fraction of sp³-hybridized carbons (Fsp3) is 0.850. The van der Waals surface area contributed by atoms with Crippen molar-refractivity contribution in [1.29, 1.82) is 0 Å². The number of esters is 2. The molecule has 0 N–H and O–H groups in total. The Labute approximate surface area is 142 Å². The van der Waals surface area contributed by atoms with Gasteiger partial charge in [-0.2, -0.15) is 0 Å². The molecule has 24 heavy (non-hydrogen) atoms. The molecule has 7 aliphatic rings. The van der Waals surface area contributed by atoms with Crippen molar-refractivity contribution in [2.24, 2.45) is 47.3 Å². The summed E-state index contributed by atoms with van der Waals surface area (Å²) in [5, 5.41) is 0. The van der Waals surface area contributed by atoms with Gasteiger partial charge in [0, 0.05) is 12.3 Å². The summed E-state index contributed by atoms with van der Waals surface area (Å²) in [5.74, 6) is 2.40. The zero-order chi connectivity index (χ0) is 16.2. The van der Waals surface area contributed by atoms with Crippen LogP contribution in [0.4, 0.5) is 0 Å². The maximum atomic E-state index is 13.1. The SMILES string of the molecule is CC1(OC(=O)C2C3[CH]C4OC(=O)C2C4C3)C2CC3CC(C2)CC1C3. The number of carbonyl (C=O) groups excluding carboxylic acids is 2.